The lowest BCUT2D eigenvalue weighted by Gasteiger charge is -2.34. The maximum atomic E-state index is 12.5. The van der Waals surface area contributed by atoms with Gasteiger partial charge >= 0.3 is 5.97 Å². The van der Waals surface area contributed by atoms with Crippen LogP contribution in [0.2, 0.25) is 0 Å². The lowest BCUT2D eigenvalue weighted by molar-refractivity contribution is -0.119. The quantitative estimate of drug-likeness (QED) is 0.683. The first-order chi connectivity index (χ1) is 14.4. The maximum Gasteiger partial charge on any atom is 0.338 e. The number of amides is 1. The number of piperidine rings is 1. The number of rotatable bonds is 7. The van der Waals surface area contributed by atoms with Crippen LogP contribution in [0.25, 0.3) is 0 Å². The van der Waals surface area contributed by atoms with Gasteiger partial charge in [0.2, 0.25) is 5.91 Å². The summed E-state index contributed by atoms with van der Waals surface area (Å²) >= 11 is 0. The second kappa shape index (κ2) is 9.79. The molecule has 2 atom stereocenters. The molecule has 1 aliphatic heterocycles. The summed E-state index contributed by atoms with van der Waals surface area (Å²) < 4.78 is 5.05. The molecule has 0 radical (unpaired) electrons. The number of nitrogens with two attached hydrogens (primary N) is 1. The molecule has 5 heteroatoms. The van der Waals surface area contributed by atoms with Gasteiger partial charge in [-0.05, 0) is 67.9 Å². The van der Waals surface area contributed by atoms with Gasteiger partial charge in [-0.3, -0.25) is 4.79 Å². The molecule has 0 bridgehead atoms. The van der Waals surface area contributed by atoms with Crippen molar-refractivity contribution in [1.82, 2.24) is 0 Å². The molecule has 1 heterocycles. The summed E-state index contributed by atoms with van der Waals surface area (Å²) in [4.78, 5) is 26.9. The predicted molar refractivity (Wildman–Crippen MR) is 120 cm³/mol. The number of anilines is 1. The van der Waals surface area contributed by atoms with Crippen molar-refractivity contribution < 1.29 is 14.3 Å². The number of para-hydroxylation sites is 1. The highest BCUT2D eigenvalue weighted by Crippen LogP contribution is 2.40. The number of ether oxygens (including phenoxy) is 1. The number of aryl methyl sites for hydroxylation is 1. The fourth-order valence-corrected chi connectivity index (χ4v) is 4.52. The molecular formula is C25H32N2O3. The predicted octanol–water partition coefficient (Wildman–Crippen LogP) is 4.53. The van der Waals surface area contributed by atoms with E-state index in [0.717, 1.165) is 24.2 Å². The Hall–Kier alpha value is -2.82. The van der Waals surface area contributed by atoms with Crippen molar-refractivity contribution in [2.45, 2.75) is 51.9 Å². The maximum absolute atomic E-state index is 12.5. The summed E-state index contributed by atoms with van der Waals surface area (Å²) in [5.74, 6) is -1.30. The highest BCUT2D eigenvalue weighted by atomic mass is 16.5. The van der Waals surface area contributed by atoms with E-state index in [4.69, 9.17) is 10.5 Å². The molecule has 30 heavy (non-hydrogen) atoms. The van der Waals surface area contributed by atoms with Crippen molar-refractivity contribution in [2.75, 3.05) is 24.6 Å². The van der Waals surface area contributed by atoms with Crippen molar-refractivity contribution in [3.8, 4) is 0 Å². The molecule has 0 spiro atoms. The molecule has 1 saturated heterocycles. The Morgan fingerprint density at radius 1 is 1.07 bits per heavy atom. The van der Waals surface area contributed by atoms with Gasteiger partial charge < -0.3 is 15.4 Å². The molecule has 3 rings (SSSR count). The summed E-state index contributed by atoms with van der Waals surface area (Å²) in [6.07, 6.45) is 3.65. The van der Waals surface area contributed by atoms with Gasteiger partial charge in [-0.25, -0.2) is 4.79 Å². The molecule has 2 aromatic carbocycles. The number of primary amides is 1. The van der Waals surface area contributed by atoms with E-state index in [1.165, 1.54) is 30.5 Å². The summed E-state index contributed by atoms with van der Waals surface area (Å²) in [5.41, 5.74) is 10.8. The molecule has 1 amide bonds. The highest BCUT2D eigenvalue weighted by Gasteiger charge is 2.30. The summed E-state index contributed by atoms with van der Waals surface area (Å²) in [5, 5.41) is 0. The Bertz CT molecular complexity index is 886. The van der Waals surface area contributed by atoms with Crippen LogP contribution in [0.3, 0.4) is 0 Å². The first-order valence-electron chi connectivity index (χ1n) is 10.8. The largest absolute Gasteiger partial charge is 0.462 e. The zero-order valence-corrected chi connectivity index (χ0v) is 18.2. The number of nitrogens with zero attached hydrogens (tertiary/aromatic N) is 1. The van der Waals surface area contributed by atoms with Gasteiger partial charge in [0.25, 0.3) is 0 Å². The van der Waals surface area contributed by atoms with Crippen LogP contribution in [0, 0.1) is 6.92 Å². The van der Waals surface area contributed by atoms with E-state index in [1.807, 2.05) is 12.1 Å². The molecule has 0 aliphatic carbocycles. The van der Waals surface area contributed by atoms with Gasteiger partial charge in [0, 0.05) is 18.8 Å². The van der Waals surface area contributed by atoms with Crippen LogP contribution in [0.4, 0.5) is 5.69 Å². The number of hydrogen-bond donors (Lipinski definition) is 1. The minimum absolute atomic E-state index is 0.0900. The standard InChI is InChI=1S/C25H32N2O3/c1-4-30-25(29)20-13-11-19(12-14-20)22(24(26)28)18(3)21-10-8-9-17(2)23(21)27-15-6-5-7-16-27/h8-14,18,22H,4-7,15-16H2,1-3H3,(H2,26,28). The molecule has 1 fully saturated rings. The minimum Gasteiger partial charge on any atom is -0.462 e. The molecular weight excluding hydrogens is 376 g/mol. The van der Waals surface area contributed by atoms with Crippen LogP contribution in [-0.4, -0.2) is 31.6 Å². The van der Waals surface area contributed by atoms with E-state index in [0.29, 0.717) is 12.2 Å². The third-order valence-electron chi connectivity index (χ3n) is 6.02. The lowest BCUT2D eigenvalue weighted by atomic mass is 9.80. The van der Waals surface area contributed by atoms with Gasteiger partial charge in [0.1, 0.15) is 0 Å². The average Bonchev–Trinajstić information content (AvgIpc) is 2.74. The van der Waals surface area contributed by atoms with E-state index in [2.05, 4.69) is 36.9 Å². The fourth-order valence-electron chi connectivity index (χ4n) is 4.52. The fraction of sp³-hybridized carbons (Fsp3) is 0.440. The van der Waals surface area contributed by atoms with Crippen molar-refractivity contribution in [1.29, 1.82) is 0 Å². The van der Waals surface area contributed by atoms with Crippen molar-refractivity contribution >= 4 is 17.6 Å². The molecule has 160 valence electrons. The minimum atomic E-state index is -0.480. The van der Waals surface area contributed by atoms with Crippen LogP contribution < -0.4 is 10.6 Å². The Morgan fingerprint density at radius 3 is 2.33 bits per heavy atom. The number of hydrogen-bond acceptors (Lipinski definition) is 4. The van der Waals surface area contributed by atoms with E-state index in [9.17, 15) is 9.59 Å². The molecule has 0 aromatic heterocycles. The van der Waals surface area contributed by atoms with Gasteiger partial charge in [0.05, 0.1) is 18.1 Å². The van der Waals surface area contributed by atoms with Crippen LogP contribution in [0.1, 0.15) is 72.0 Å². The number of carbonyl (C=O) groups is 2. The van der Waals surface area contributed by atoms with Gasteiger partial charge in [-0.15, -0.1) is 0 Å². The average molecular weight is 409 g/mol. The van der Waals surface area contributed by atoms with Crippen LogP contribution in [0.15, 0.2) is 42.5 Å². The van der Waals surface area contributed by atoms with E-state index >= 15 is 0 Å². The zero-order valence-electron chi connectivity index (χ0n) is 18.2. The van der Waals surface area contributed by atoms with E-state index in [-0.39, 0.29) is 17.8 Å². The Balaban J connectivity index is 1.95. The van der Waals surface area contributed by atoms with Crippen LogP contribution in [-0.2, 0) is 9.53 Å². The van der Waals surface area contributed by atoms with Crippen molar-refractivity contribution in [2.24, 2.45) is 5.73 Å². The monoisotopic (exact) mass is 408 g/mol. The lowest BCUT2D eigenvalue weighted by Crippen LogP contribution is -2.32. The van der Waals surface area contributed by atoms with Gasteiger partial charge in [0.15, 0.2) is 0 Å². The van der Waals surface area contributed by atoms with Gasteiger partial charge in [-0.2, -0.15) is 0 Å². The Kier molecular flexibility index (Phi) is 7.14. The summed E-state index contributed by atoms with van der Waals surface area (Å²) in [7, 11) is 0. The molecule has 2 aromatic rings. The molecule has 1 aliphatic rings. The smallest absolute Gasteiger partial charge is 0.338 e. The topological polar surface area (TPSA) is 72.6 Å². The third kappa shape index (κ3) is 4.66. The number of esters is 1. The van der Waals surface area contributed by atoms with E-state index < -0.39 is 5.92 Å². The highest BCUT2D eigenvalue weighted by molar-refractivity contribution is 5.90. The van der Waals surface area contributed by atoms with Crippen molar-refractivity contribution in [3.63, 3.8) is 0 Å². The second-order valence-corrected chi connectivity index (χ2v) is 8.07. The van der Waals surface area contributed by atoms with Crippen molar-refractivity contribution in [3.05, 3.63) is 64.7 Å². The second-order valence-electron chi connectivity index (χ2n) is 8.07. The summed E-state index contributed by atoms with van der Waals surface area (Å²) in [6.45, 7) is 8.39. The van der Waals surface area contributed by atoms with Gasteiger partial charge in [-0.1, -0.05) is 37.3 Å². The molecule has 2 N–H and O–H groups in total. The third-order valence-corrected chi connectivity index (χ3v) is 6.02. The van der Waals surface area contributed by atoms with E-state index in [1.54, 1.807) is 19.1 Å². The Labute approximate surface area is 179 Å². The summed E-state index contributed by atoms with van der Waals surface area (Å²) in [6, 6.07) is 13.3. The number of benzene rings is 2. The van der Waals surface area contributed by atoms with Crippen LogP contribution in [0.5, 0.6) is 0 Å². The Morgan fingerprint density at radius 2 is 1.73 bits per heavy atom. The first kappa shape index (κ1) is 21.9. The number of carbonyl (C=O) groups excluding carboxylic acids is 2. The normalized spacial score (nSPS) is 16.0. The molecule has 5 nitrogen and oxygen atoms in total. The molecule has 0 saturated carbocycles. The first-order valence-corrected chi connectivity index (χ1v) is 10.8. The SMILES string of the molecule is CCOC(=O)c1ccc(C(C(N)=O)C(C)c2cccc(C)c2N2CCCCC2)cc1. The molecule has 2 unspecified atom stereocenters. The van der Waals surface area contributed by atoms with Crippen LogP contribution >= 0.6 is 0 Å². The zero-order chi connectivity index (χ0) is 21.7.